The summed E-state index contributed by atoms with van der Waals surface area (Å²) in [5.41, 5.74) is 1.65. The number of hydrogen-bond acceptors (Lipinski definition) is 4. The molecule has 2 aromatic rings. The number of amides is 1. The fourth-order valence-corrected chi connectivity index (χ4v) is 3.86. The van der Waals surface area contributed by atoms with E-state index in [0.717, 1.165) is 24.9 Å². The fraction of sp³-hybridized carbons (Fsp3) is 0.467. The van der Waals surface area contributed by atoms with E-state index in [1.54, 1.807) is 24.3 Å². The van der Waals surface area contributed by atoms with Crippen molar-refractivity contribution in [1.29, 1.82) is 0 Å². The third-order valence-electron chi connectivity index (χ3n) is 6.02. The Morgan fingerprint density at radius 1 is 1.03 bits per heavy atom. The Morgan fingerprint density at radius 3 is 2.41 bits per heavy atom. The van der Waals surface area contributed by atoms with Crippen molar-refractivity contribution in [2.75, 3.05) is 40.3 Å². The van der Waals surface area contributed by atoms with Gasteiger partial charge in [-0.05, 0) is 43.2 Å². The van der Waals surface area contributed by atoms with E-state index in [1.165, 1.54) is 12.8 Å². The SMILES string of the molecule is C=CCc1cccc(Oc2ccc(C(=O)CC)cc2)c1OCC[N+](C)(C)CC(=O)NCCCCCC.[Br-]. The number of quaternary nitrogens is 1. The predicted octanol–water partition coefficient (Wildman–Crippen LogP) is 2.96. The van der Waals surface area contributed by atoms with Gasteiger partial charge in [0.15, 0.2) is 23.8 Å². The van der Waals surface area contributed by atoms with Crippen LogP contribution in [-0.4, -0.2) is 56.5 Å². The first-order valence-electron chi connectivity index (χ1n) is 13.0. The maximum absolute atomic E-state index is 12.4. The summed E-state index contributed by atoms with van der Waals surface area (Å²) in [7, 11) is 4.07. The number of benzene rings is 2. The largest absolute Gasteiger partial charge is 1.00 e. The standard InChI is InChI=1S/C30H42N2O4.BrH/c1-6-9-10-11-20-31-29(34)23-32(4,5)21-22-35-30-25(13-7-2)14-12-15-28(30)36-26-18-16-24(17-19-26)27(33)8-3;/h7,12,14-19H,2,6,8-11,13,20-23H2,1,3-5H3;1H. The number of carbonyl (C=O) groups is 2. The molecule has 0 heterocycles. The quantitative estimate of drug-likeness (QED) is 0.136. The summed E-state index contributed by atoms with van der Waals surface area (Å²) in [5.74, 6) is 2.09. The maximum atomic E-state index is 12.4. The molecule has 0 saturated heterocycles. The zero-order chi connectivity index (χ0) is 26.4. The van der Waals surface area contributed by atoms with Crippen LogP contribution in [0.4, 0.5) is 0 Å². The maximum Gasteiger partial charge on any atom is 0.275 e. The van der Waals surface area contributed by atoms with Crippen LogP contribution in [0.2, 0.25) is 0 Å². The molecule has 0 aromatic heterocycles. The van der Waals surface area contributed by atoms with Crippen LogP contribution in [0.5, 0.6) is 17.2 Å². The minimum atomic E-state index is 0. The molecular formula is C30H43BrN2O4. The Balaban J connectivity index is 0.00000684. The third-order valence-corrected chi connectivity index (χ3v) is 6.02. The highest BCUT2D eigenvalue weighted by molar-refractivity contribution is 5.95. The number of hydrogen-bond donors (Lipinski definition) is 1. The van der Waals surface area contributed by atoms with Crippen molar-refractivity contribution in [3.05, 3.63) is 66.2 Å². The summed E-state index contributed by atoms with van der Waals surface area (Å²) < 4.78 is 12.9. The lowest BCUT2D eigenvalue weighted by molar-refractivity contribution is -0.882. The topological polar surface area (TPSA) is 64.6 Å². The van der Waals surface area contributed by atoms with Crippen LogP contribution in [0.3, 0.4) is 0 Å². The number of carbonyl (C=O) groups excluding carboxylic acids is 2. The van der Waals surface area contributed by atoms with E-state index in [1.807, 2.05) is 45.3 Å². The van der Waals surface area contributed by atoms with E-state index in [4.69, 9.17) is 9.47 Å². The van der Waals surface area contributed by atoms with E-state index >= 15 is 0 Å². The number of nitrogens with zero attached hydrogens (tertiary/aromatic N) is 1. The van der Waals surface area contributed by atoms with Crippen molar-refractivity contribution in [2.24, 2.45) is 0 Å². The van der Waals surface area contributed by atoms with Crippen molar-refractivity contribution in [3.8, 4) is 17.2 Å². The van der Waals surface area contributed by atoms with Crippen LogP contribution < -0.4 is 31.8 Å². The number of Topliss-reactive ketones (excluding diaryl/α,β-unsaturated/α-hetero) is 1. The summed E-state index contributed by atoms with van der Waals surface area (Å²) in [6.45, 7) is 10.1. The van der Waals surface area contributed by atoms with Crippen molar-refractivity contribution in [2.45, 2.75) is 52.4 Å². The first-order valence-corrected chi connectivity index (χ1v) is 13.0. The molecule has 2 aromatic carbocycles. The Labute approximate surface area is 233 Å². The average Bonchev–Trinajstić information content (AvgIpc) is 2.85. The molecule has 0 aliphatic heterocycles. The number of allylic oxidation sites excluding steroid dienone is 1. The fourth-order valence-electron chi connectivity index (χ4n) is 3.86. The van der Waals surface area contributed by atoms with Crippen LogP contribution in [0, 0.1) is 0 Å². The molecule has 7 heteroatoms. The van der Waals surface area contributed by atoms with Gasteiger partial charge >= 0.3 is 0 Å². The molecule has 2 rings (SSSR count). The molecule has 204 valence electrons. The van der Waals surface area contributed by atoms with Gasteiger partial charge in [0.05, 0.1) is 14.1 Å². The lowest BCUT2D eigenvalue weighted by Crippen LogP contribution is -3.00. The zero-order valence-corrected chi connectivity index (χ0v) is 24.4. The van der Waals surface area contributed by atoms with Crippen molar-refractivity contribution < 1.29 is 40.5 Å². The van der Waals surface area contributed by atoms with Crippen molar-refractivity contribution >= 4 is 11.7 Å². The number of likely N-dealkylation sites (N-methyl/N-ethyl adjacent to an activating group) is 1. The van der Waals surface area contributed by atoms with E-state index in [9.17, 15) is 9.59 Å². The first-order chi connectivity index (χ1) is 17.3. The Hall–Kier alpha value is -2.64. The Morgan fingerprint density at radius 2 is 1.76 bits per heavy atom. The number of ketones is 1. The summed E-state index contributed by atoms with van der Waals surface area (Å²) in [6, 6.07) is 13.0. The van der Waals surface area contributed by atoms with Crippen LogP contribution in [0.25, 0.3) is 0 Å². The lowest BCUT2D eigenvalue weighted by atomic mass is 10.1. The summed E-state index contributed by atoms with van der Waals surface area (Å²) in [5, 5.41) is 3.04. The highest BCUT2D eigenvalue weighted by Gasteiger charge is 2.21. The lowest BCUT2D eigenvalue weighted by Gasteiger charge is -2.29. The Bertz CT molecular complexity index is 990. The highest BCUT2D eigenvalue weighted by Crippen LogP contribution is 2.35. The molecule has 0 spiro atoms. The number of ether oxygens (including phenoxy) is 2. The monoisotopic (exact) mass is 574 g/mol. The minimum Gasteiger partial charge on any atom is -1.00 e. The second-order valence-corrected chi connectivity index (χ2v) is 9.72. The average molecular weight is 576 g/mol. The van der Waals surface area contributed by atoms with Crippen LogP contribution >= 0.6 is 0 Å². The van der Waals surface area contributed by atoms with Gasteiger partial charge in [0.2, 0.25) is 0 Å². The molecular weight excluding hydrogens is 532 g/mol. The summed E-state index contributed by atoms with van der Waals surface area (Å²) in [6.07, 6.45) is 7.52. The molecule has 0 unspecified atom stereocenters. The van der Waals surface area contributed by atoms with Crippen molar-refractivity contribution in [3.63, 3.8) is 0 Å². The molecule has 37 heavy (non-hydrogen) atoms. The summed E-state index contributed by atoms with van der Waals surface area (Å²) >= 11 is 0. The molecule has 6 nitrogen and oxygen atoms in total. The Kier molecular flexibility index (Phi) is 14.9. The van der Waals surface area contributed by atoms with Gasteiger partial charge in [0.25, 0.3) is 5.91 Å². The van der Waals surface area contributed by atoms with Gasteiger partial charge in [0.1, 0.15) is 18.9 Å². The van der Waals surface area contributed by atoms with Gasteiger partial charge in [-0.15, -0.1) is 6.58 Å². The van der Waals surface area contributed by atoms with Crippen LogP contribution in [0.15, 0.2) is 55.1 Å². The van der Waals surface area contributed by atoms with Crippen LogP contribution in [0.1, 0.15) is 61.9 Å². The molecule has 0 aliphatic rings. The van der Waals surface area contributed by atoms with E-state index in [0.29, 0.717) is 59.8 Å². The smallest absolute Gasteiger partial charge is 0.275 e. The molecule has 0 bridgehead atoms. The molecule has 0 fully saturated rings. The zero-order valence-electron chi connectivity index (χ0n) is 22.9. The normalized spacial score (nSPS) is 10.8. The molecule has 1 N–H and O–H groups in total. The number of unbranched alkanes of at least 4 members (excludes halogenated alkanes) is 3. The number of nitrogens with one attached hydrogen (secondary N) is 1. The molecule has 1 amide bonds. The molecule has 0 aliphatic carbocycles. The minimum absolute atomic E-state index is 0. The van der Waals surface area contributed by atoms with Crippen LogP contribution in [-0.2, 0) is 11.2 Å². The molecule has 0 saturated carbocycles. The number of halogens is 1. The van der Waals surface area contributed by atoms with Gasteiger partial charge in [-0.1, -0.05) is 51.3 Å². The third kappa shape index (κ3) is 11.5. The number of para-hydroxylation sites is 1. The van der Waals surface area contributed by atoms with Gasteiger partial charge in [-0.3, -0.25) is 9.59 Å². The highest BCUT2D eigenvalue weighted by atomic mass is 79.9. The van der Waals surface area contributed by atoms with E-state index < -0.39 is 0 Å². The first kappa shape index (κ1) is 32.4. The van der Waals surface area contributed by atoms with Gasteiger partial charge in [-0.25, -0.2) is 0 Å². The van der Waals surface area contributed by atoms with E-state index in [-0.39, 0.29) is 28.7 Å². The predicted molar refractivity (Wildman–Crippen MR) is 146 cm³/mol. The summed E-state index contributed by atoms with van der Waals surface area (Å²) in [4.78, 5) is 24.3. The van der Waals surface area contributed by atoms with Gasteiger partial charge in [0, 0.05) is 24.1 Å². The molecule has 0 atom stereocenters. The van der Waals surface area contributed by atoms with Gasteiger partial charge < -0.3 is 36.3 Å². The molecule has 0 radical (unpaired) electrons. The van der Waals surface area contributed by atoms with Gasteiger partial charge in [-0.2, -0.15) is 0 Å². The van der Waals surface area contributed by atoms with Crippen molar-refractivity contribution in [1.82, 2.24) is 5.32 Å². The van der Waals surface area contributed by atoms with E-state index in [2.05, 4.69) is 18.8 Å². The second-order valence-electron chi connectivity index (χ2n) is 9.72. The number of rotatable bonds is 17. The second kappa shape index (κ2) is 17.0.